The van der Waals surface area contributed by atoms with Crippen LogP contribution in [0.25, 0.3) is 0 Å². The quantitative estimate of drug-likeness (QED) is 0.649. The van der Waals surface area contributed by atoms with E-state index in [1.54, 1.807) is 13.2 Å². The standard InChI is InChI=1S/C23H30FNO3/c1-6-28-22-12-18(8-9-19(22)14-27-5)11-16(3)17(4)23(26)25-21-13-20(24)10-7-15(21)2/h7-10,12-13,16-17H,6,11,14H2,1-5H3,(H,25,26). The lowest BCUT2D eigenvalue weighted by Gasteiger charge is -2.21. The van der Waals surface area contributed by atoms with E-state index >= 15 is 0 Å². The fourth-order valence-corrected chi connectivity index (χ4v) is 3.07. The molecule has 0 radical (unpaired) electrons. The minimum absolute atomic E-state index is 0.108. The van der Waals surface area contributed by atoms with Crippen molar-refractivity contribution < 1.29 is 18.7 Å². The van der Waals surface area contributed by atoms with Crippen molar-refractivity contribution in [1.29, 1.82) is 0 Å². The summed E-state index contributed by atoms with van der Waals surface area (Å²) < 4.78 is 24.4. The molecule has 2 unspecified atom stereocenters. The predicted molar refractivity (Wildman–Crippen MR) is 110 cm³/mol. The Kier molecular flexibility index (Phi) is 8.00. The van der Waals surface area contributed by atoms with Crippen molar-refractivity contribution in [3.63, 3.8) is 0 Å². The first-order chi connectivity index (χ1) is 13.3. The van der Waals surface area contributed by atoms with E-state index in [1.165, 1.54) is 12.1 Å². The number of ether oxygens (including phenoxy) is 2. The van der Waals surface area contributed by atoms with E-state index < -0.39 is 0 Å². The van der Waals surface area contributed by atoms with Crippen LogP contribution in [0.5, 0.6) is 5.75 Å². The maximum Gasteiger partial charge on any atom is 0.227 e. The van der Waals surface area contributed by atoms with Crippen LogP contribution in [0.2, 0.25) is 0 Å². The molecule has 152 valence electrons. The van der Waals surface area contributed by atoms with Gasteiger partial charge in [-0.3, -0.25) is 4.79 Å². The van der Waals surface area contributed by atoms with Crippen molar-refractivity contribution in [2.75, 3.05) is 19.0 Å². The fourth-order valence-electron chi connectivity index (χ4n) is 3.07. The molecule has 0 saturated carbocycles. The monoisotopic (exact) mass is 387 g/mol. The van der Waals surface area contributed by atoms with Crippen molar-refractivity contribution in [2.45, 2.75) is 40.7 Å². The van der Waals surface area contributed by atoms with E-state index in [0.717, 1.165) is 28.9 Å². The van der Waals surface area contributed by atoms with E-state index in [2.05, 4.69) is 11.4 Å². The van der Waals surface area contributed by atoms with Gasteiger partial charge in [-0.15, -0.1) is 0 Å². The minimum Gasteiger partial charge on any atom is -0.493 e. The van der Waals surface area contributed by atoms with Crippen LogP contribution < -0.4 is 10.1 Å². The summed E-state index contributed by atoms with van der Waals surface area (Å²) in [6.07, 6.45) is 0.740. The second-order valence-electron chi connectivity index (χ2n) is 7.23. The smallest absolute Gasteiger partial charge is 0.227 e. The molecular formula is C23H30FNO3. The Bertz CT molecular complexity index is 806. The molecule has 0 heterocycles. The maximum atomic E-state index is 13.5. The number of anilines is 1. The summed E-state index contributed by atoms with van der Waals surface area (Å²) in [5, 5.41) is 2.85. The second kappa shape index (κ2) is 10.2. The van der Waals surface area contributed by atoms with Crippen LogP contribution >= 0.6 is 0 Å². The van der Waals surface area contributed by atoms with Crippen LogP contribution in [0.4, 0.5) is 10.1 Å². The zero-order chi connectivity index (χ0) is 20.7. The third-order valence-electron chi connectivity index (χ3n) is 5.01. The van der Waals surface area contributed by atoms with Gasteiger partial charge >= 0.3 is 0 Å². The average molecular weight is 387 g/mol. The summed E-state index contributed by atoms with van der Waals surface area (Å²) in [5.41, 5.74) is 3.47. The number of methoxy groups -OCH3 is 1. The summed E-state index contributed by atoms with van der Waals surface area (Å²) in [7, 11) is 1.66. The molecule has 28 heavy (non-hydrogen) atoms. The number of benzene rings is 2. The van der Waals surface area contributed by atoms with E-state index in [4.69, 9.17) is 9.47 Å². The molecule has 2 atom stereocenters. The van der Waals surface area contributed by atoms with Gasteiger partial charge in [-0.1, -0.05) is 32.0 Å². The van der Waals surface area contributed by atoms with Crippen LogP contribution in [-0.4, -0.2) is 19.6 Å². The van der Waals surface area contributed by atoms with Crippen molar-refractivity contribution in [3.05, 3.63) is 58.9 Å². The average Bonchev–Trinajstić information content (AvgIpc) is 2.66. The van der Waals surface area contributed by atoms with Gasteiger partial charge in [0.25, 0.3) is 0 Å². The number of rotatable bonds is 9. The van der Waals surface area contributed by atoms with Gasteiger partial charge in [0.1, 0.15) is 11.6 Å². The fraction of sp³-hybridized carbons (Fsp3) is 0.435. The summed E-state index contributed by atoms with van der Waals surface area (Å²) in [4.78, 5) is 12.6. The molecule has 2 rings (SSSR count). The molecule has 4 nitrogen and oxygen atoms in total. The molecule has 0 aliphatic carbocycles. The van der Waals surface area contributed by atoms with Crippen molar-refractivity contribution in [3.8, 4) is 5.75 Å². The third-order valence-corrected chi connectivity index (χ3v) is 5.01. The summed E-state index contributed by atoms with van der Waals surface area (Å²) in [6.45, 7) is 8.83. The highest BCUT2D eigenvalue weighted by atomic mass is 19.1. The molecule has 5 heteroatoms. The van der Waals surface area contributed by atoms with Gasteiger partial charge < -0.3 is 14.8 Å². The lowest BCUT2D eigenvalue weighted by Crippen LogP contribution is -2.27. The Balaban J connectivity index is 2.06. The van der Waals surface area contributed by atoms with Gasteiger partial charge in [0.05, 0.1) is 13.2 Å². The highest BCUT2D eigenvalue weighted by molar-refractivity contribution is 5.93. The Labute approximate surface area is 167 Å². The van der Waals surface area contributed by atoms with Crippen molar-refractivity contribution in [1.82, 2.24) is 0 Å². The zero-order valence-corrected chi connectivity index (χ0v) is 17.3. The molecule has 0 aromatic heterocycles. The summed E-state index contributed by atoms with van der Waals surface area (Å²) in [6, 6.07) is 10.5. The van der Waals surface area contributed by atoms with Gasteiger partial charge in [-0.25, -0.2) is 4.39 Å². The lowest BCUT2D eigenvalue weighted by atomic mass is 9.88. The number of carbonyl (C=O) groups excluding carboxylic acids is 1. The maximum absolute atomic E-state index is 13.5. The predicted octanol–water partition coefficient (Wildman–Crippen LogP) is 5.13. The van der Waals surface area contributed by atoms with Crippen LogP contribution in [0.15, 0.2) is 36.4 Å². The normalized spacial score (nSPS) is 13.1. The number of hydrogen-bond donors (Lipinski definition) is 1. The molecule has 0 aliphatic heterocycles. The van der Waals surface area contributed by atoms with Gasteiger partial charge in [-0.05, 0) is 55.5 Å². The van der Waals surface area contributed by atoms with Gasteiger partial charge in [-0.2, -0.15) is 0 Å². The molecule has 0 spiro atoms. The molecule has 0 fully saturated rings. The Morgan fingerprint density at radius 3 is 2.61 bits per heavy atom. The number of hydrogen-bond acceptors (Lipinski definition) is 3. The van der Waals surface area contributed by atoms with Crippen LogP contribution in [0.1, 0.15) is 37.5 Å². The Morgan fingerprint density at radius 2 is 1.93 bits per heavy atom. The molecule has 1 amide bonds. The number of carbonyl (C=O) groups is 1. The summed E-state index contributed by atoms with van der Waals surface area (Å²) >= 11 is 0. The van der Waals surface area contributed by atoms with E-state index in [0.29, 0.717) is 18.9 Å². The SMILES string of the molecule is CCOc1cc(CC(C)C(C)C(=O)Nc2cc(F)ccc2C)ccc1COC. The molecular weight excluding hydrogens is 357 g/mol. The first kappa shape index (κ1) is 21.9. The highest BCUT2D eigenvalue weighted by Gasteiger charge is 2.22. The second-order valence-corrected chi connectivity index (χ2v) is 7.23. The molecule has 2 aromatic carbocycles. The van der Waals surface area contributed by atoms with Crippen LogP contribution in [-0.2, 0) is 22.6 Å². The van der Waals surface area contributed by atoms with Gasteiger partial charge in [0, 0.05) is 24.3 Å². The Morgan fingerprint density at radius 1 is 1.18 bits per heavy atom. The lowest BCUT2D eigenvalue weighted by molar-refractivity contribution is -0.120. The zero-order valence-electron chi connectivity index (χ0n) is 17.3. The first-order valence-electron chi connectivity index (χ1n) is 9.66. The topological polar surface area (TPSA) is 47.6 Å². The number of halogens is 1. The molecule has 2 aromatic rings. The highest BCUT2D eigenvalue weighted by Crippen LogP contribution is 2.26. The van der Waals surface area contributed by atoms with Crippen molar-refractivity contribution >= 4 is 11.6 Å². The largest absolute Gasteiger partial charge is 0.493 e. The summed E-state index contributed by atoms with van der Waals surface area (Å²) in [5.74, 6) is 0.235. The third kappa shape index (κ3) is 5.80. The molecule has 0 aliphatic rings. The number of amides is 1. The van der Waals surface area contributed by atoms with Gasteiger partial charge in [0.2, 0.25) is 5.91 Å². The molecule has 0 saturated heterocycles. The number of nitrogens with one attached hydrogen (secondary N) is 1. The van der Waals surface area contributed by atoms with E-state index in [1.807, 2.05) is 39.8 Å². The molecule has 0 bridgehead atoms. The number of aryl methyl sites for hydroxylation is 1. The van der Waals surface area contributed by atoms with E-state index in [-0.39, 0.29) is 23.6 Å². The minimum atomic E-state index is -0.360. The van der Waals surface area contributed by atoms with E-state index in [9.17, 15) is 9.18 Å². The van der Waals surface area contributed by atoms with Crippen molar-refractivity contribution in [2.24, 2.45) is 11.8 Å². The van der Waals surface area contributed by atoms with Crippen LogP contribution in [0.3, 0.4) is 0 Å². The molecule has 1 N–H and O–H groups in total. The van der Waals surface area contributed by atoms with Crippen LogP contribution in [0, 0.1) is 24.6 Å². The Hall–Kier alpha value is -2.40. The first-order valence-corrected chi connectivity index (χ1v) is 9.66. The van der Waals surface area contributed by atoms with Gasteiger partial charge in [0.15, 0.2) is 0 Å².